The molecule has 0 N–H and O–H groups in total. The molecular weight excluding hydrogens is 306 g/mol. The van der Waals surface area contributed by atoms with Gasteiger partial charge in [0.1, 0.15) is 6.04 Å². The number of benzene rings is 1. The summed E-state index contributed by atoms with van der Waals surface area (Å²) >= 11 is 3.55. The van der Waals surface area contributed by atoms with E-state index >= 15 is 0 Å². The summed E-state index contributed by atoms with van der Waals surface area (Å²) in [7, 11) is 0. The predicted octanol–water partition coefficient (Wildman–Crippen LogP) is 3.54. The molecule has 3 nitrogen and oxygen atoms in total. The molecule has 0 bridgehead atoms. The molecular formula is C15H20BrNO2. The second-order valence-corrected chi connectivity index (χ2v) is 5.63. The van der Waals surface area contributed by atoms with E-state index in [-0.39, 0.29) is 12.0 Å². The van der Waals surface area contributed by atoms with Crippen LogP contribution >= 0.6 is 15.9 Å². The lowest BCUT2D eigenvalue weighted by atomic mass is 10.0. The van der Waals surface area contributed by atoms with Crippen molar-refractivity contribution in [3.05, 3.63) is 34.3 Å². The quantitative estimate of drug-likeness (QED) is 0.793. The fraction of sp³-hybridized carbons (Fsp3) is 0.533. The Labute approximate surface area is 123 Å². The molecule has 1 aliphatic heterocycles. The second kappa shape index (κ2) is 7.06. The van der Waals surface area contributed by atoms with Crippen LogP contribution in [0.15, 0.2) is 28.7 Å². The normalized spacial score (nSPS) is 18.0. The number of piperidine rings is 1. The molecule has 0 radical (unpaired) electrons. The van der Waals surface area contributed by atoms with Crippen molar-refractivity contribution < 1.29 is 9.53 Å². The van der Waals surface area contributed by atoms with Crippen LogP contribution < -0.4 is 0 Å². The van der Waals surface area contributed by atoms with Gasteiger partial charge in [-0.25, -0.2) is 4.79 Å². The van der Waals surface area contributed by atoms with Gasteiger partial charge in [0.25, 0.3) is 0 Å². The average molecular weight is 326 g/mol. The molecule has 1 aliphatic rings. The fourth-order valence-corrected chi connectivity index (χ4v) is 3.07. The van der Waals surface area contributed by atoms with Crippen molar-refractivity contribution in [1.29, 1.82) is 0 Å². The summed E-state index contributed by atoms with van der Waals surface area (Å²) in [5.74, 6) is -0.142. The van der Waals surface area contributed by atoms with Crippen LogP contribution in [-0.2, 0) is 9.53 Å². The number of esters is 1. The van der Waals surface area contributed by atoms with Gasteiger partial charge >= 0.3 is 5.97 Å². The van der Waals surface area contributed by atoms with Crippen molar-refractivity contribution in [2.45, 2.75) is 32.2 Å². The highest BCUT2D eigenvalue weighted by atomic mass is 79.9. The first-order chi connectivity index (χ1) is 9.24. The number of halogens is 1. The van der Waals surface area contributed by atoms with E-state index in [0.717, 1.165) is 36.0 Å². The van der Waals surface area contributed by atoms with Crippen molar-refractivity contribution in [2.75, 3.05) is 19.7 Å². The van der Waals surface area contributed by atoms with E-state index < -0.39 is 0 Å². The highest BCUT2D eigenvalue weighted by molar-refractivity contribution is 9.10. The molecule has 1 aromatic rings. The van der Waals surface area contributed by atoms with Gasteiger partial charge < -0.3 is 4.74 Å². The molecule has 0 saturated carbocycles. The molecule has 0 aromatic heterocycles. The number of rotatable bonds is 4. The summed E-state index contributed by atoms with van der Waals surface area (Å²) in [6.45, 7) is 4.20. The Morgan fingerprint density at radius 3 is 2.63 bits per heavy atom. The Morgan fingerprint density at radius 2 is 2.00 bits per heavy atom. The topological polar surface area (TPSA) is 29.5 Å². The summed E-state index contributed by atoms with van der Waals surface area (Å²) in [5.41, 5.74) is 1.00. The zero-order chi connectivity index (χ0) is 13.7. The lowest BCUT2D eigenvalue weighted by Gasteiger charge is -2.33. The zero-order valence-electron chi connectivity index (χ0n) is 11.3. The largest absolute Gasteiger partial charge is 0.465 e. The third kappa shape index (κ3) is 3.57. The van der Waals surface area contributed by atoms with Gasteiger partial charge in [0, 0.05) is 4.47 Å². The first-order valence-corrected chi connectivity index (χ1v) is 7.68. The van der Waals surface area contributed by atoms with Crippen molar-refractivity contribution in [1.82, 2.24) is 4.90 Å². The number of hydrogen-bond donors (Lipinski definition) is 0. The molecule has 1 heterocycles. The summed E-state index contributed by atoms with van der Waals surface area (Å²) in [5, 5.41) is 0. The Bertz CT molecular complexity index is 430. The van der Waals surface area contributed by atoms with Crippen LogP contribution in [0.4, 0.5) is 0 Å². The van der Waals surface area contributed by atoms with E-state index in [4.69, 9.17) is 4.74 Å². The molecule has 1 atom stereocenters. The maximum atomic E-state index is 12.3. The Kier molecular flexibility index (Phi) is 5.40. The Morgan fingerprint density at radius 1 is 1.32 bits per heavy atom. The Balaban J connectivity index is 2.28. The molecule has 0 amide bonds. The predicted molar refractivity (Wildman–Crippen MR) is 78.9 cm³/mol. The maximum Gasteiger partial charge on any atom is 0.328 e. The first-order valence-electron chi connectivity index (χ1n) is 6.89. The minimum atomic E-state index is -0.282. The molecule has 19 heavy (non-hydrogen) atoms. The minimum absolute atomic E-state index is 0.142. The van der Waals surface area contributed by atoms with Gasteiger partial charge in [-0.05, 0) is 44.5 Å². The molecule has 1 unspecified atom stereocenters. The molecule has 104 valence electrons. The first kappa shape index (κ1) is 14.5. The van der Waals surface area contributed by atoms with E-state index in [0.29, 0.717) is 6.61 Å². The molecule has 1 aromatic carbocycles. The van der Waals surface area contributed by atoms with Crippen molar-refractivity contribution >= 4 is 21.9 Å². The van der Waals surface area contributed by atoms with Crippen LogP contribution in [0, 0.1) is 0 Å². The molecule has 4 heteroatoms. The molecule has 2 rings (SSSR count). The lowest BCUT2D eigenvalue weighted by molar-refractivity contribution is -0.150. The van der Waals surface area contributed by atoms with Crippen LogP contribution in [0.1, 0.15) is 37.8 Å². The van der Waals surface area contributed by atoms with Crippen molar-refractivity contribution in [3.63, 3.8) is 0 Å². The van der Waals surface area contributed by atoms with Gasteiger partial charge in [-0.15, -0.1) is 0 Å². The van der Waals surface area contributed by atoms with Gasteiger partial charge in [0.2, 0.25) is 0 Å². The molecule has 1 saturated heterocycles. The number of carbonyl (C=O) groups is 1. The number of ether oxygens (including phenoxy) is 1. The average Bonchev–Trinajstić information content (AvgIpc) is 2.43. The van der Waals surface area contributed by atoms with Gasteiger partial charge in [-0.3, -0.25) is 4.90 Å². The van der Waals surface area contributed by atoms with Gasteiger partial charge in [-0.1, -0.05) is 40.5 Å². The maximum absolute atomic E-state index is 12.3. The monoisotopic (exact) mass is 325 g/mol. The fourth-order valence-electron chi connectivity index (χ4n) is 2.57. The standard InChI is InChI=1S/C15H20BrNO2/c1-2-19-15(18)14(17-10-6-3-7-11-17)12-8-4-5-9-13(12)16/h4-5,8-9,14H,2-3,6-7,10-11H2,1H3. The number of hydrogen-bond acceptors (Lipinski definition) is 3. The van der Waals surface area contributed by atoms with Crippen LogP contribution in [0.25, 0.3) is 0 Å². The van der Waals surface area contributed by atoms with Gasteiger partial charge in [0.15, 0.2) is 0 Å². The Hall–Kier alpha value is -0.870. The van der Waals surface area contributed by atoms with Crippen molar-refractivity contribution in [2.24, 2.45) is 0 Å². The van der Waals surface area contributed by atoms with Crippen LogP contribution in [0.3, 0.4) is 0 Å². The molecule has 0 aliphatic carbocycles. The van der Waals surface area contributed by atoms with Gasteiger partial charge in [0.05, 0.1) is 6.61 Å². The summed E-state index contributed by atoms with van der Waals surface area (Å²) in [4.78, 5) is 14.5. The van der Waals surface area contributed by atoms with Crippen LogP contribution in [0.2, 0.25) is 0 Å². The minimum Gasteiger partial charge on any atom is -0.465 e. The third-order valence-corrected chi connectivity index (χ3v) is 4.19. The van der Waals surface area contributed by atoms with Crippen molar-refractivity contribution in [3.8, 4) is 0 Å². The summed E-state index contributed by atoms with van der Waals surface area (Å²) in [6, 6.07) is 7.63. The number of nitrogens with zero attached hydrogens (tertiary/aromatic N) is 1. The number of likely N-dealkylation sites (tertiary alicyclic amines) is 1. The van der Waals surface area contributed by atoms with Crippen LogP contribution in [0.5, 0.6) is 0 Å². The highest BCUT2D eigenvalue weighted by Gasteiger charge is 2.31. The van der Waals surface area contributed by atoms with E-state index in [2.05, 4.69) is 20.8 Å². The molecule has 1 fully saturated rings. The summed E-state index contributed by atoms with van der Waals surface area (Å²) < 4.78 is 6.24. The zero-order valence-corrected chi connectivity index (χ0v) is 12.9. The molecule has 0 spiro atoms. The summed E-state index contributed by atoms with van der Waals surface area (Å²) in [6.07, 6.45) is 3.56. The van der Waals surface area contributed by atoms with Gasteiger partial charge in [-0.2, -0.15) is 0 Å². The smallest absolute Gasteiger partial charge is 0.328 e. The SMILES string of the molecule is CCOC(=O)C(c1ccccc1Br)N1CCCCC1. The lowest BCUT2D eigenvalue weighted by Crippen LogP contribution is -2.39. The second-order valence-electron chi connectivity index (χ2n) is 4.77. The van der Waals surface area contributed by atoms with E-state index in [1.807, 2.05) is 31.2 Å². The van der Waals surface area contributed by atoms with E-state index in [1.54, 1.807) is 0 Å². The number of carbonyl (C=O) groups excluding carboxylic acids is 1. The van der Waals surface area contributed by atoms with E-state index in [1.165, 1.54) is 6.42 Å². The highest BCUT2D eigenvalue weighted by Crippen LogP contribution is 2.31. The third-order valence-electron chi connectivity index (χ3n) is 3.47. The van der Waals surface area contributed by atoms with Crippen LogP contribution in [-0.4, -0.2) is 30.6 Å². The van der Waals surface area contributed by atoms with E-state index in [9.17, 15) is 4.79 Å².